The first-order valence-corrected chi connectivity index (χ1v) is 9.49. The van der Waals surface area contributed by atoms with Gasteiger partial charge in [0.2, 0.25) is 0 Å². The zero-order chi connectivity index (χ0) is 20.2. The number of alkyl halides is 1. The van der Waals surface area contributed by atoms with Crippen molar-refractivity contribution < 1.29 is 23.4 Å². The molecule has 1 fully saturated rings. The molecule has 0 aliphatic carbocycles. The standard InChI is InChI=1S/C22H21FN2O4/c23-18-14-24(22(26)28-15-16-6-2-1-3-7-16)13-11-19(18)29-20-10-4-8-17-9-5-12-25(27)21(17)20/h1-10,12,18-19H,11,13-15H2. The van der Waals surface area contributed by atoms with Crippen LogP contribution in [0.4, 0.5) is 9.18 Å². The summed E-state index contributed by atoms with van der Waals surface area (Å²) in [5.41, 5.74) is 1.24. The summed E-state index contributed by atoms with van der Waals surface area (Å²) < 4.78 is 26.6. The zero-order valence-corrected chi connectivity index (χ0v) is 15.7. The van der Waals surface area contributed by atoms with Gasteiger partial charge in [0.05, 0.1) is 11.9 Å². The topological polar surface area (TPSA) is 65.7 Å². The van der Waals surface area contributed by atoms with Crippen molar-refractivity contribution in [2.45, 2.75) is 25.3 Å². The van der Waals surface area contributed by atoms with Crippen molar-refractivity contribution in [3.05, 3.63) is 77.6 Å². The molecule has 0 bridgehead atoms. The molecule has 2 aromatic carbocycles. The van der Waals surface area contributed by atoms with Crippen LogP contribution in [0.2, 0.25) is 0 Å². The number of nitrogens with zero attached hydrogens (tertiary/aromatic N) is 2. The summed E-state index contributed by atoms with van der Waals surface area (Å²) in [6.45, 7) is 0.355. The lowest BCUT2D eigenvalue weighted by molar-refractivity contribution is -0.577. The van der Waals surface area contributed by atoms with Crippen LogP contribution in [-0.4, -0.2) is 36.4 Å². The summed E-state index contributed by atoms with van der Waals surface area (Å²) in [6.07, 6.45) is -0.972. The number of piperidine rings is 1. The number of hydrogen-bond donors (Lipinski definition) is 0. The highest BCUT2D eigenvalue weighted by Crippen LogP contribution is 2.27. The third-order valence-electron chi connectivity index (χ3n) is 4.97. The lowest BCUT2D eigenvalue weighted by atomic mass is 10.1. The van der Waals surface area contributed by atoms with Crippen LogP contribution >= 0.6 is 0 Å². The van der Waals surface area contributed by atoms with Crippen LogP contribution in [-0.2, 0) is 11.3 Å². The van der Waals surface area contributed by atoms with Gasteiger partial charge in [-0.3, -0.25) is 0 Å². The Hall–Kier alpha value is -3.35. The van der Waals surface area contributed by atoms with Gasteiger partial charge in [0.25, 0.3) is 5.52 Å². The van der Waals surface area contributed by atoms with E-state index in [9.17, 15) is 14.4 Å². The maximum absolute atomic E-state index is 14.7. The Balaban J connectivity index is 1.38. The molecule has 2 heterocycles. The zero-order valence-electron chi connectivity index (χ0n) is 15.7. The second kappa shape index (κ2) is 8.34. The second-order valence-electron chi connectivity index (χ2n) is 6.98. The first-order chi connectivity index (χ1) is 14.1. The molecule has 0 spiro atoms. The third kappa shape index (κ3) is 4.23. The van der Waals surface area contributed by atoms with Crippen LogP contribution < -0.4 is 9.47 Å². The number of rotatable bonds is 4. The SMILES string of the molecule is O=C(OCc1ccccc1)N1CCC(Oc2cccc3ccc[n+]([O-])c23)C(F)C1. The van der Waals surface area contributed by atoms with Gasteiger partial charge in [-0.15, -0.1) is 0 Å². The van der Waals surface area contributed by atoms with Crippen molar-refractivity contribution in [2.75, 3.05) is 13.1 Å². The minimum absolute atomic E-state index is 0.111. The average Bonchev–Trinajstić information content (AvgIpc) is 2.74. The first kappa shape index (κ1) is 19.0. The maximum atomic E-state index is 14.7. The largest absolute Gasteiger partial charge is 0.618 e. The third-order valence-corrected chi connectivity index (χ3v) is 4.97. The molecular weight excluding hydrogens is 375 g/mol. The predicted molar refractivity (Wildman–Crippen MR) is 105 cm³/mol. The number of fused-ring (bicyclic) bond motifs is 1. The Bertz CT molecular complexity index is 993. The molecule has 150 valence electrons. The molecule has 2 unspecified atom stereocenters. The summed E-state index contributed by atoms with van der Waals surface area (Å²) in [7, 11) is 0. The van der Waals surface area contributed by atoms with E-state index >= 15 is 0 Å². The summed E-state index contributed by atoms with van der Waals surface area (Å²) >= 11 is 0. The Kier molecular flexibility index (Phi) is 5.46. The molecule has 1 aliphatic heterocycles. The van der Waals surface area contributed by atoms with Crippen molar-refractivity contribution in [2.24, 2.45) is 0 Å². The smallest absolute Gasteiger partial charge is 0.410 e. The van der Waals surface area contributed by atoms with Crippen molar-refractivity contribution >= 4 is 17.0 Å². The first-order valence-electron chi connectivity index (χ1n) is 9.49. The number of amides is 1. The number of hydrogen-bond acceptors (Lipinski definition) is 4. The van der Waals surface area contributed by atoms with Crippen LogP contribution in [0.5, 0.6) is 5.75 Å². The number of benzene rings is 2. The number of aromatic nitrogens is 1. The lowest BCUT2D eigenvalue weighted by Gasteiger charge is -2.34. The normalized spacial score (nSPS) is 19.1. The molecule has 7 heteroatoms. The molecule has 29 heavy (non-hydrogen) atoms. The second-order valence-corrected chi connectivity index (χ2v) is 6.98. The number of pyridine rings is 1. The van der Waals surface area contributed by atoms with Crippen LogP contribution in [0.3, 0.4) is 0 Å². The molecule has 3 aromatic rings. The van der Waals surface area contributed by atoms with E-state index in [0.29, 0.717) is 29.0 Å². The van der Waals surface area contributed by atoms with Gasteiger partial charge in [-0.2, -0.15) is 4.73 Å². The molecule has 4 rings (SSSR count). The molecule has 0 N–H and O–H groups in total. The number of halogens is 1. The minimum atomic E-state index is -1.38. The monoisotopic (exact) mass is 396 g/mol. The van der Waals surface area contributed by atoms with E-state index in [1.54, 1.807) is 30.3 Å². The molecular formula is C22H21FN2O4. The minimum Gasteiger partial charge on any atom is -0.618 e. The molecule has 6 nitrogen and oxygen atoms in total. The number of likely N-dealkylation sites (tertiary alicyclic amines) is 1. The van der Waals surface area contributed by atoms with Crippen molar-refractivity contribution in [3.8, 4) is 5.75 Å². The number of para-hydroxylation sites is 1. The fourth-order valence-corrected chi connectivity index (χ4v) is 3.46. The average molecular weight is 396 g/mol. The predicted octanol–water partition coefficient (Wildman–Crippen LogP) is 3.60. The molecule has 1 aromatic heterocycles. The Morgan fingerprint density at radius 3 is 2.72 bits per heavy atom. The van der Waals surface area contributed by atoms with E-state index < -0.39 is 18.4 Å². The summed E-state index contributed by atoms with van der Waals surface area (Å²) in [5, 5.41) is 12.8. The Labute approximate surface area is 167 Å². The number of carbonyl (C=O) groups is 1. The van der Waals surface area contributed by atoms with Crippen molar-refractivity contribution in [1.82, 2.24) is 4.90 Å². The number of ether oxygens (including phenoxy) is 2. The van der Waals surface area contributed by atoms with Gasteiger partial charge in [0.1, 0.15) is 12.7 Å². The summed E-state index contributed by atoms with van der Waals surface area (Å²) in [5.74, 6) is 0.339. The highest BCUT2D eigenvalue weighted by molar-refractivity contribution is 5.81. The van der Waals surface area contributed by atoms with Crippen LogP contribution in [0.1, 0.15) is 12.0 Å². The van der Waals surface area contributed by atoms with E-state index in [4.69, 9.17) is 9.47 Å². The molecule has 0 saturated carbocycles. The van der Waals surface area contributed by atoms with E-state index in [1.807, 2.05) is 30.3 Å². The molecule has 0 radical (unpaired) electrons. The van der Waals surface area contributed by atoms with Gasteiger partial charge in [0.15, 0.2) is 18.1 Å². The summed E-state index contributed by atoms with van der Waals surface area (Å²) in [4.78, 5) is 13.6. The Morgan fingerprint density at radius 2 is 1.93 bits per heavy atom. The van der Waals surface area contributed by atoms with Gasteiger partial charge in [-0.1, -0.05) is 36.4 Å². The molecule has 1 saturated heterocycles. The fourth-order valence-electron chi connectivity index (χ4n) is 3.46. The molecule has 1 aliphatic rings. The van der Waals surface area contributed by atoms with Crippen LogP contribution in [0.15, 0.2) is 66.9 Å². The van der Waals surface area contributed by atoms with Crippen LogP contribution in [0.25, 0.3) is 10.9 Å². The van der Waals surface area contributed by atoms with Gasteiger partial charge >= 0.3 is 6.09 Å². The highest BCUT2D eigenvalue weighted by Gasteiger charge is 2.34. The van der Waals surface area contributed by atoms with E-state index in [0.717, 1.165) is 10.9 Å². The Morgan fingerprint density at radius 1 is 1.14 bits per heavy atom. The van der Waals surface area contributed by atoms with Gasteiger partial charge in [-0.05, 0) is 23.8 Å². The lowest BCUT2D eigenvalue weighted by Crippen LogP contribution is -2.49. The fraction of sp³-hybridized carbons (Fsp3) is 0.273. The highest BCUT2D eigenvalue weighted by atomic mass is 19.1. The summed E-state index contributed by atoms with van der Waals surface area (Å²) in [6, 6.07) is 18.0. The van der Waals surface area contributed by atoms with Crippen LogP contribution in [0, 0.1) is 5.21 Å². The maximum Gasteiger partial charge on any atom is 0.410 e. The van der Waals surface area contributed by atoms with Gasteiger partial charge in [-0.25, -0.2) is 9.18 Å². The van der Waals surface area contributed by atoms with Gasteiger partial charge < -0.3 is 19.6 Å². The van der Waals surface area contributed by atoms with E-state index in [2.05, 4.69) is 0 Å². The van der Waals surface area contributed by atoms with Crippen molar-refractivity contribution in [1.29, 1.82) is 0 Å². The van der Waals surface area contributed by atoms with Gasteiger partial charge in [0, 0.05) is 19.0 Å². The molecule has 2 atom stereocenters. The van der Waals surface area contributed by atoms with Crippen molar-refractivity contribution in [3.63, 3.8) is 0 Å². The van der Waals surface area contributed by atoms with E-state index in [1.165, 1.54) is 11.1 Å². The molecule has 1 amide bonds. The quantitative estimate of drug-likeness (QED) is 0.499. The van der Waals surface area contributed by atoms with E-state index in [-0.39, 0.29) is 13.2 Å². The number of carbonyl (C=O) groups excluding carboxylic acids is 1.